The molecule has 1 aromatic rings. The molecule has 6 heteroatoms. The van der Waals surface area contributed by atoms with Crippen LogP contribution in [0.2, 0.25) is 5.02 Å². The summed E-state index contributed by atoms with van der Waals surface area (Å²) in [6.07, 6.45) is 5.08. The molecule has 1 aliphatic carbocycles. The minimum Gasteiger partial charge on any atom is -0.394 e. The molecular formula is C13H17ClN2O3. The Labute approximate surface area is 116 Å². The third kappa shape index (κ3) is 3.16. The van der Waals surface area contributed by atoms with Gasteiger partial charge in [-0.05, 0) is 18.9 Å². The van der Waals surface area contributed by atoms with Gasteiger partial charge in [0.05, 0.1) is 27.8 Å². The predicted molar refractivity (Wildman–Crippen MR) is 74.6 cm³/mol. The summed E-state index contributed by atoms with van der Waals surface area (Å²) in [4.78, 5) is 10.2. The fraction of sp³-hybridized carbons (Fsp3) is 0.538. The van der Waals surface area contributed by atoms with Gasteiger partial charge in [-0.15, -0.1) is 0 Å². The first kappa shape index (κ1) is 14.1. The van der Waals surface area contributed by atoms with Gasteiger partial charge in [-0.2, -0.15) is 0 Å². The molecule has 0 aliphatic heterocycles. The molecule has 0 aromatic heterocycles. The zero-order chi connectivity index (χ0) is 13.9. The molecule has 1 fully saturated rings. The number of aliphatic hydroxyl groups is 1. The van der Waals surface area contributed by atoms with E-state index in [-0.39, 0.29) is 17.8 Å². The van der Waals surface area contributed by atoms with E-state index in [1.807, 2.05) is 0 Å². The number of non-ortho nitro benzene ring substituents is 1. The fourth-order valence-electron chi connectivity index (χ4n) is 2.56. The van der Waals surface area contributed by atoms with Gasteiger partial charge in [0.2, 0.25) is 0 Å². The second-order valence-corrected chi connectivity index (χ2v) is 5.45. The van der Waals surface area contributed by atoms with Crippen LogP contribution < -0.4 is 5.32 Å². The standard InChI is InChI=1S/C13H17ClN2O3/c14-11-8-10(16(18)19)4-5-12(11)15-13(9-17)6-2-1-3-7-13/h4-5,8,15,17H,1-3,6-7,9H2. The fourth-order valence-corrected chi connectivity index (χ4v) is 2.78. The number of nitrogens with zero attached hydrogens (tertiary/aromatic N) is 1. The summed E-state index contributed by atoms with van der Waals surface area (Å²) in [6, 6.07) is 4.35. The number of nitro benzene ring substituents is 1. The Balaban J connectivity index is 2.20. The highest BCUT2D eigenvalue weighted by Crippen LogP contribution is 2.35. The van der Waals surface area contributed by atoms with Gasteiger partial charge in [-0.25, -0.2) is 0 Å². The molecule has 0 saturated heterocycles. The van der Waals surface area contributed by atoms with Gasteiger partial charge in [0.1, 0.15) is 0 Å². The van der Waals surface area contributed by atoms with Gasteiger partial charge in [0, 0.05) is 12.1 Å². The number of rotatable bonds is 4. The van der Waals surface area contributed by atoms with Crippen molar-refractivity contribution in [2.75, 3.05) is 11.9 Å². The van der Waals surface area contributed by atoms with E-state index in [0.717, 1.165) is 25.7 Å². The average molecular weight is 285 g/mol. The Morgan fingerprint density at radius 1 is 1.37 bits per heavy atom. The highest BCUT2D eigenvalue weighted by Gasteiger charge is 2.31. The lowest BCUT2D eigenvalue weighted by molar-refractivity contribution is -0.384. The SMILES string of the molecule is O=[N+]([O-])c1ccc(NC2(CO)CCCCC2)c(Cl)c1. The molecule has 0 heterocycles. The van der Waals surface area contributed by atoms with Crippen LogP contribution in [-0.2, 0) is 0 Å². The third-order valence-corrected chi connectivity index (χ3v) is 3.99. The largest absolute Gasteiger partial charge is 0.394 e. The summed E-state index contributed by atoms with van der Waals surface area (Å²) >= 11 is 6.06. The minimum absolute atomic E-state index is 0.0303. The third-order valence-electron chi connectivity index (χ3n) is 3.68. The second-order valence-electron chi connectivity index (χ2n) is 5.05. The van der Waals surface area contributed by atoms with Gasteiger partial charge in [0.25, 0.3) is 5.69 Å². The summed E-state index contributed by atoms with van der Waals surface area (Å²) in [5, 5.41) is 23.9. The van der Waals surface area contributed by atoms with Crippen LogP contribution in [0.1, 0.15) is 32.1 Å². The van der Waals surface area contributed by atoms with E-state index in [1.165, 1.54) is 18.6 Å². The average Bonchev–Trinajstić information content (AvgIpc) is 2.42. The van der Waals surface area contributed by atoms with Gasteiger partial charge in [-0.1, -0.05) is 30.9 Å². The first-order valence-electron chi connectivity index (χ1n) is 6.39. The molecule has 0 bridgehead atoms. The van der Waals surface area contributed by atoms with Gasteiger partial charge in [0.15, 0.2) is 0 Å². The maximum Gasteiger partial charge on any atom is 0.271 e. The van der Waals surface area contributed by atoms with E-state index in [2.05, 4.69) is 5.32 Å². The first-order chi connectivity index (χ1) is 9.06. The number of halogens is 1. The van der Waals surface area contributed by atoms with Crippen LogP contribution >= 0.6 is 11.6 Å². The van der Waals surface area contributed by atoms with Crippen molar-refractivity contribution in [3.05, 3.63) is 33.3 Å². The molecule has 0 spiro atoms. The van der Waals surface area contributed by atoms with E-state index in [0.29, 0.717) is 10.7 Å². The molecule has 19 heavy (non-hydrogen) atoms. The van der Waals surface area contributed by atoms with Crippen molar-refractivity contribution in [3.63, 3.8) is 0 Å². The number of hydrogen-bond acceptors (Lipinski definition) is 4. The maximum atomic E-state index is 10.7. The van der Waals surface area contributed by atoms with Crippen LogP contribution in [0.3, 0.4) is 0 Å². The Morgan fingerprint density at radius 3 is 2.58 bits per heavy atom. The Morgan fingerprint density at radius 2 is 2.05 bits per heavy atom. The summed E-state index contributed by atoms with van der Waals surface area (Å²) in [5.74, 6) is 0. The molecule has 0 radical (unpaired) electrons. The summed E-state index contributed by atoms with van der Waals surface area (Å²) in [7, 11) is 0. The summed E-state index contributed by atoms with van der Waals surface area (Å²) < 4.78 is 0. The molecule has 104 valence electrons. The van der Waals surface area contributed by atoms with Gasteiger partial charge in [-0.3, -0.25) is 10.1 Å². The van der Waals surface area contributed by atoms with Crippen LogP contribution in [0.4, 0.5) is 11.4 Å². The molecule has 0 atom stereocenters. The molecule has 0 unspecified atom stereocenters. The van der Waals surface area contributed by atoms with Crippen molar-refractivity contribution in [1.29, 1.82) is 0 Å². The number of aliphatic hydroxyl groups excluding tert-OH is 1. The van der Waals surface area contributed by atoms with E-state index in [9.17, 15) is 15.2 Å². The maximum absolute atomic E-state index is 10.7. The number of nitro groups is 1. The Bertz CT molecular complexity index is 473. The monoisotopic (exact) mass is 284 g/mol. The topological polar surface area (TPSA) is 75.4 Å². The molecular weight excluding hydrogens is 268 g/mol. The van der Waals surface area contributed by atoms with E-state index >= 15 is 0 Å². The molecule has 2 rings (SSSR count). The number of anilines is 1. The van der Waals surface area contributed by atoms with Crippen LogP contribution in [0.15, 0.2) is 18.2 Å². The number of benzene rings is 1. The summed E-state index contributed by atoms with van der Waals surface area (Å²) in [6.45, 7) is 0.0420. The zero-order valence-corrected chi connectivity index (χ0v) is 11.3. The van der Waals surface area contributed by atoms with E-state index in [1.54, 1.807) is 6.07 Å². The second kappa shape index (κ2) is 5.75. The Kier molecular flexibility index (Phi) is 4.27. The van der Waals surface area contributed by atoms with Crippen molar-refractivity contribution in [2.24, 2.45) is 0 Å². The van der Waals surface area contributed by atoms with Crippen LogP contribution in [-0.4, -0.2) is 22.2 Å². The molecule has 2 N–H and O–H groups in total. The lowest BCUT2D eigenvalue weighted by Crippen LogP contribution is -2.43. The quantitative estimate of drug-likeness (QED) is 0.657. The van der Waals surface area contributed by atoms with Crippen molar-refractivity contribution in [1.82, 2.24) is 0 Å². The highest BCUT2D eigenvalue weighted by atomic mass is 35.5. The van der Waals surface area contributed by atoms with E-state index in [4.69, 9.17) is 11.6 Å². The molecule has 1 aliphatic rings. The molecule has 5 nitrogen and oxygen atoms in total. The highest BCUT2D eigenvalue weighted by molar-refractivity contribution is 6.33. The molecule has 1 saturated carbocycles. The van der Waals surface area contributed by atoms with Crippen LogP contribution in [0.25, 0.3) is 0 Å². The van der Waals surface area contributed by atoms with Gasteiger partial charge < -0.3 is 10.4 Å². The van der Waals surface area contributed by atoms with Crippen molar-refractivity contribution >= 4 is 23.0 Å². The molecule has 0 amide bonds. The first-order valence-corrected chi connectivity index (χ1v) is 6.77. The number of nitrogens with one attached hydrogen (secondary N) is 1. The Hall–Kier alpha value is -1.33. The normalized spacial score (nSPS) is 18.0. The van der Waals surface area contributed by atoms with Crippen LogP contribution in [0, 0.1) is 10.1 Å². The van der Waals surface area contributed by atoms with Crippen LogP contribution in [0.5, 0.6) is 0 Å². The van der Waals surface area contributed by atoms with Crippen molar-refractivity contribution in [3.8, 4) is 0 Å². The zero-order valence-electron chi connectivity index (χ0n) is 10.6. The lowest BCUT2D eigenvalue weighted by Gasteiger charge is -2.37. The lowest BCUT2D eigenvalue weighted by atomic mass is 9.82. The van der Waals surface area contributed by atoms with Crippen molar-refractivity contribution in [2.45, 2.75) is 37.6 Å². The smallest absolute Gasteiger partial charge is 0.271 e. The predicted octanol–water partition coefficient (Wildman–Crippen LogP) is 3.36. The van der Waals surface area contributed by atoms with Crippen molar-refractivity contribution < 1.29 is 10.0 Å². The van der Waals surface area contributed by atoms with E-state index < -0.39 is 4.92 Å². The number of hydrogen-bond donors (Lipinski definition) is 2. The summed E-state index contributed by atoms with van der Waals surface area (Å²) in [5.41, 5.74) is 0.262. The minimum atomic E-state index is -0.474. The molecule has 1 aromatic carbocycles. The van der Waals surface area contributed by atoms with Gasteiger partial charge >= 0.3 is 0 Å².